The fourth-order valence-corrected chi connectivity index (χ4v) is 9.69. The number of hydrogen-bond acceptors (Lipinski definition) is 5. The minimum atomic E-state index is -1.44. The molecule has 58 heavy (non-hydrogen) atoms. The number of furan rings is 1. The summed E-state index contributed by atoms with van der Waals surface area (Å²) in [6, 6.07) is 35.8. The Balaban J connectivity index is 0.000000203. The number of hydrogen-bond donors (Lipinski definition) is 0. The fraction of sp³-hybridized carbons (Fsp3) is 0.320. The third kappa shape index (κ3) is 8.12. The van der Waals surface area contributed by atoms with Crippen molar-refractivity contribution in [1.82, 2.24) is 24.5 Å². The molecule has 0 saturated heterocycles. The van der Waals surface area contributed by atoms with Gasteiger partial charge < -0.3 is 14.0 Å². The molecule has 301 valence electrons. The largest absolute Gasteiger partial charge is 0.486 e. The molecule has 3 aromatic carbocycles. The molecule has 1 unspecified atom stereocenters. The summed E-state index contributed by atoms with van der Waals surface area (Å²) in [7, 11) is -1.44. The Bertz CT molecular complexity index is 2670. The van der Waals surface area contributed by atoms with E-state index in [0.29, 0.717) is 17.0 Å². The van der Waals surface area contributed by atoms with Crippen LogP contribution in [0.5, 0.6) is 0 Å². The predicted octanol–water partition coefficient (Wildman–Crippen LogP) is 13.1. The molecule has 8 heteroatoms. The summed E-state index contributed by atoms with van der Waals surface area (Å²) in [5.74, 6) is 1.36. The first kappa shape index (κ1) is 42.8. The third-order valence-electron chi connectivity index (χ3n) is 12.1. The van der Waals surface area contributed by atoms with Crippen LogP contribution >= 0.6 is 0 Å². The van der Waals surface area contributed by atoms with Crippen LogP contribution in [0.25, 0.3) is 67.0 Å². The molecule has 8 rings (SSSR count). The molecule has 0 fully saturated rings. The maximum Gasteiger partial charge on any atom is 0.216 e. The summed E-state index contributed by atoms with van der Waals surface area (Å²) in [5, 5.41) is 3.56. The predicted molar refractivity (Wildman–Crippen MR) is 241 cm³/mol. The molecule has 0 saturated carbocycles. The van der Waals surface area contributed by atoms with Gasteiger partial charge in [0, 0.05) is 49.5 Å². The molecule has 0 aliphatic heterocycles. The molecule has 1 atom stereocenters. The average Bonchev–Trinajstić information content (AvgIpc) is 3.81. The monoisotopic (exact) mass is 962 g/mol. The summed E-state index contributed by atoms with van der Waals surface area (Å²) < 4.78 is 8.66. The Morgan fingerprint density at radius 1 is 0.845 bits per heavy atom. The molecule has 0 aliphatic rings. The van der Waals surface area contributed by atoms with Crippen molar-refractivity contribution >= 4 is 46.4 Å². The molecule has 0 aliphatic carbocycles. The summed E-state index contributed by atoms with van der Waals surface area (Å²) in [6.07, 6.45) is 6.36. The molecule has 5 aromatic heterocycles. The normalized spacial score (nSPS) is 12.5. The summed E-state index contributed by atoms with van der Waals surface area (Å²) in [6.45, 7) is 25.2. The van der Waals surface area contributed by atoms with Crippen LogP contribution in [0.15, 0.2) is 102 Å². The van der Waals surface area contributed by atoms with Crippen molar-refractivity contribution in [2.75, 3.05) is 0 Å². The van der Waals surface area contributed by atoms with Gasteiger partial charge in [-0.15, -0.1) is 53.6 Å². The van der Waals surface area contributed by atoms with E-state index in [0.717, 1.165) is 72.5 Å². The van der Waals surface area contributed by atoms with Crippen LogP contribution in [0.1, 0.15) is 83.2 Å². The quantitative estimate of drug-likeness (QED) is 0.106. The zero-order chi connectivity index (χ0) is 40.6. The number of aryl methyl sites for hydroxylation is 2. The Morgan fingerprint density at radius 3 is 2.22 bits per heavy atom. The topological polar surface area (TPSA) is 69.6 Å². The number of fused-ring (bicyclic) bond motifs is 4. The summed E-state index contributed by atoms with van der Waals surface area (Å²) in [4.78, 5) is 19.1. The van der Waals surface area contributed by atoms with Crippen LogP contribution in [0.3, 0.4) is 0 Å². The number of aromatic nitrogens is 5. The number of imidazole rings is 1. The van der Waals surface area contributed by atoms with E-state index in [9.17, 15) is 0 Å². The van der Waals surface area contributed by atoms with Gasteiger partial charge in [-0.1, -0.05) is 120 Å². The number of pyridine rings is 3. The van der Waals surface area contributed by atoms with Crippen molar-refractivity contribution in [2.24, 2.45) is 5.41 Å². The number of nitrogens with zero attached hydrogens (tertiary/aromatic N) is 5. The zero-order valence-corrected chi connectivity index (χ0v) is 39.2. The van der Waals surface area contributed by atoms with Crippen LogP contribution in [0.2, 0.25) is 19.6 Å². The second kappa shape index (κ2) is 17.2. The fourth-order valence-electron chi connectivity index (χ4n) is 8.08. The van der Waals surface area contributed by atoms with E-state index in [-0.39, 0.29) is 26.1 Å². The van der Waals surface area contributed by atoms with Crippen molar-refractivity contribution in [3.63, 3.8) is 0 Å². The van der Waals surface area contributed by atoms with Crippen molar-refractivity contribution in [1.29, 1.82) is 0 Å². The smallest absolute Gasteiger partial charge is 0.216 e. The van der Waals surface area contributed by atoms with E-state index in [2.05, 4.69) is 138 Å². The van der Waals surface area contributed by atoms with E-state index in [1.807, 2.05) is 55.6 Å². The van der Waals surface area contributed by atoms with E-state index in [4.69, 9.17) is 19.4 Å². The third-order valence-corrected chi connectivity index (χ3v) is 14.1. The Kier molecular flexibility index (Phi) is 12.7. The van der Waals surface area contributed by atoms with Gasteiger partial charge in [0.05, 0.1) is 41.9 Å². The van der Waals surface area contributed by atoms with Gasteiger partial charge >= 0.3 is 0 Å². The molecule has 0 N–H and O–H groups in total. The van der Waals surface area contributed by atoms with Gasteiger partial charge in [-0.2, -0.15) is 0 Å². The Morgan fingerprint density at radius 2 is 1.57 bits per heavy atom. The molecule has 5 heterocycles. The Labute approximate surface area is 359 Å². The van der Waals surface area contributed by atoms with Gasteiger partial charge in [-0.3, -0.25) is 9.97 Å². The van der Waals surface area contributed by atoms with Gasteiger partial charge in [-0.25, -0.2) is 4.98 Å². The Hall–Kier alpha value is -4.75. The SMILES string of the molecule is CCC(C)(CC)C(C)c1cc(-c2[c-]cccc2)ncc1[Si](C)(C)C.Cc1c[c-]c(-c2nc3ccnc(C)c3n2C(C)C)c2oc3nc(-c4ccccc4)ccc3c12.[Ir]. The van der Waals surface area contributed by atoms with Crippen molar-refractivity contribution in [2.45, 2.75) is 99.8 Å². The van der Waals surface area contributed by atoms with Gasteiger partial charge in [0.25, 0.3) is 0 Å². The molecule has 6 nitrogen and oxygen atoms in total. The van der Waals surface area contributed by atoms with Crippen molar-refractivity contribution < 1.29 is 24.5 Å². The first-order chi connectivity index (χ1) is 27.3. The molecular formula is C50H55IrN5OSi-2. The zero-order valence-electron chi connectivity index (χ0n) is 35.8. The second-order valence-electron chi connectivity index (χ2n) is 17.0. The maximum atomic E-state index is 6.43. The maximum absolute atomic E-state index is 6.43. The first-order valence-electron chi connectivity index (χ1n) is 20.4. The van der Waals surface area contributed by atoms with E-state index in [1.165, 1.54) is 23.6 Å². The van der Waals surface area contributed by atoms with Crippen LogP contribution in [0, 0.1) is 31.4 Å². The molecular weight excluding hydrogens is 907 g/mol. The van der Waals surface area contributed by atoms with E-state index >= 15 is 0 Å². The molecule has 0 amide bonds. The van der Waals surface area contributed by atoms with Crippen molar-refractivity contribution in [3.8, 4) is 33.9 Å². The summed E-state index contributed by atoms with van der Waals surface area (Å²) >= 11 is 0. The first-order valence-corrected chi connectivity index (χ1v) is 23.9. The average molecular weight is 962 g/mol. The van der Waals surface area contributed by atoms with Gasteiger partial charge in [0.2, 0.25) is 5.71 Å². The standard InChI is InChI=1S/C28H23N4O.C22H32NSi.Ir/c1-16(2)32-25-18(4)29-15-14-23(25)30-27(32)21-11-10-17(3)24-20-12-13-22(19-8-6-5-7-9-19)31-28(20)33-26(21)24;1-8-22(4,9-2)17(3)19-15-20(18-13-11-10-12-14-18)23-16-21(19)24(5,6)7;/h5-10,12-16H,1-4H3;10-13,15-17H,8-9H2,1-7H3;/q2*-1;. The van der Waals surface area contributed by atoms with Crippen molar-refractivity contribution in [3.05, 3.63) is 126 Å². The van der Waals surface area contributed by atoms with Crippen LogP contribution in [0.4, 0.5) is 0 Å². The van der Waals surface area contributed by atoms with Gasteiger partial charge in [0.1, 0.15) is 0 Å². The van der Waals surface area contributed by atoms with E-state index < -0.39 is 8.07 Å². The molecule has 8 aromatic rings. The van der Waals surface area contributed by atoms with Crippen LogP contribution in [-0.4, -0.2) is 32.6 Å². The van der Waals surface area contributed by atoms with Crippen LogP contribution < -0.4 is 5.19 Å². The minimum absolute atomic E-state index is 0. The molecule has 1 radical (unpaired) electrons. The van der Waals surface area contributed by atoms with E-state index in [1.54, 1.807) is 0 Å². The minimum Gasteiger partial charge on any atom is -0.486 e. The van der Waals surface area contributed by atoms with Gasteiger partial charge in [-0.05, 0) is 61.2 Å². The molecule has 0 bridgehead atoms. The molecule has 0 spiro atoms. The van der Waals surface area contributed by atoms with Gasteiger partial charge in [0.15, 0.2) is 0 Å². The number of benzene rings is 3. The second-order valence-corrected chi connectivity index (χ2v) is 22.0. The van der Waals surface area contributed by atoms with Crippen LogP contribution in [-0.2, 0) is 20.1 Å². The summed E-state index contributed by atoms with van der Waals surface area (Å²) in [5.41, 5.74) is 12.2. The number of rotatable bonds is 9.